The summed E-state index contributed by atoms with van der Waals surface area (Å²) in [6.45, 7) is 9.94. The van der Waals surface area contributed by atoms with Crippen molar-refractivity contribution < 1.29 is 4.74 Å². The summed E-state index contributed by atoms with van der Waals surface area (Å²) in [5, 5.41) is 1.04. The molecular weight excluding hydrogens is 308 g/mol. The first-order valence-corrected chi connectivity index (χ1v) is 7.86. The molecule has 0 amide bonds. The Balaban J connectivity index is 2.05. The van der Waals surface area contributed by atoms with Gasteiger partial charge >= 0.3 is 0 Å². The molecule has 19 heavy (non-hydrogen) atoms. The Bertz CT molecular complexity index is 408. The molecule has 1 fully saturated rings. The Morgan fingerprint density at radius 1 is 1.26 bits per heavy atom. The first-order chi connectivity index (χ1) is 9.26. The van der Waals surface area contributed by atoms with Crippen molar-refractivity contribution in [2.24, 2.45) is 0 Å². The fourth-order valence-corrected chi connectivity index (χ4v) is 2.83. The van der Waals surface area contributed by atoms with Crippen LogP contribution in [-0.4, -0.2) is 59.5 Å². The molecular formula is C13H21BrN4O. The topological polar surface area (TPSA) is 41.5 Å². The molecule has 0 unspecified atom stereocenters. The third-order valence-electron chi connectivity index (χ3n) is 3.36. The molecule has 106 valence electrons. The second kappa shape index (κ2) is 7.05. The number of alkyl halides is 1. The van der Waals surface area contributed by atoms with Gasteiger partial charge in [-0.1, -0.05) is 15.9 Å². The van der Waals surface area contributed by atoms with Gasteiger partial charge in [0.15, 0.2) is 0 Å². The quantitative estimate of drug-likeness (QED) is 0.769. The molecule has 0 atom stereocenters. The van der Waals surface area contributed by atoms with Gasteiger partial charge in [0.1, 0.15) is 12.1 Å². The third-order valence-corrected chi connectivity index (χ3v) is 3.72. The number of nitrogens with zero attached hydrogens (tertiary/aromatic N) is 4. The minimum Gasteiger partial charge on any atom is -0.478 e. The molecule has 0 bridgehead atoms. The monoisotopic (exact) mass is 328 g/mol. The van der Waals surface area contributed by atoms with Crippen LogP contribution in [0.3, 0.4) is 0 Å². The highest BCUT2D eigenvalue weighted by molar-refractivity contribution is 9.09. The van der Waals surface area contributed by atoms with Crippen LogP contribution in [0.15, 0.2) is 6.33 Å². The smallest absolute Gasteiger partial charge is 0.221 e. The van der Waals surface area contributed by atoms with Crippen molar-refractivity contribution in [1.82, 2.24) is 14.9 Å². The maximum atomic E-state index is 5.53. The van der Waals surface area contributed by atoms with E-state index >= 15 is 0 Å². The van der Waals surface area contributed by atoms with E-state index in [1.165, 1.54) is 0 Å². The lowest BCUT2D eigenvalue weighted by atomic mass is 10.2. The summed E-state index contributed by atoms with van der Waals surface area (Å²) in [4.78, 5) is 13.4. The second-order valence-corrected chi connectivity index (χ2v) is 5.37. The number of aromatic nitrogens is 2. The summed E-state index contributed by atoms with van der Waals surface area (Å²) < 4.78 is 5.53. The standard InChI is InChI=1S/C13H21BrN4O/c1-3-19-13-11(2)12(15-10-16-13)18-8-6-17(5-4-14)7-9-18/h10H,3-9H2,1-2H3. The van der Waals surface area contributed by atoms with Crippen molar-refractivity contribution in [1.29, 1.82) is 0 Å². The van der Waals surface area contributed by atoms with Crippen LogP contribution in [0.1, 0.15) is 12.5 Å². The van der Waals surface area contributed by atoms with E-state index in [0.717, 1.165) is 49.4 Å². The normalized spacial score (nSPS) is 16.7. The van der Waals surface area contributed by atoms with Gasteiger partial charge in [-0.05, 0) is 13.8 Å². The maximum absolute atomic E-state index is 5.53. The van der Waals surface area contributed by atoms with E-state index < -0.39 is 0 Å². The lowest BCUT2D eigenvalue weighted by Gasteiger charge is -2.35. The Kier molecular flexibility index (Phi) is 5.39. The Labute approximate surface area is 123 Å². The molecule has 1 aromatic heterocycles. The molecule has 5 nitrogen and oxygen atoms in total. The molecule has 0 aliphatic carbocycles. The summed E-state index contributed by atoms with van der Waals surface area (Å²) in [6, 6.07) is 0. The van der Waals surface area contributed by atoms with E-state index in [4.69, 9.17) is 4.74 Å². The number of rotatable bonds is 5. The van der Waals surface area contributed by atoms with Gasteiger partial charge in [-0.3, -0.25) is 4.90 Å². The molecule has 0 spiro atoms. The van der Waals surface area contributed by atoms with E-state index in [1.807, 2.05) is 13.8 Å². The van der Waals surface area contributed by atoms with Crippen molar-refractivity contribution in [3.8, 4) is 5.88 Å². The zero-order valence-electron chi connectivity index (χ0n) is 11.6. The Morgan fingerprint density at radius 2 is 2.00 bits per heavy atom. The van der Waals surface area contributed by atoms with E-state index in [0.29, 0.717) is 12.5 Å². The van der Waals surface area contributed by atoms with Crippen LogP contribution in [0.5, 0.6) is 5.88 Å². The average Bonchev–Trinajstić information content (AvgIpc) is 2.43. The molecule has 0 radical (unpaired) electrons. The van der Waals surface area contributed by atoms with Crippen molar-refractivity contribution in [3.05, 3.63) is 11.9 Å². The molecule has 0 N–H and O–H groups in total. The fraction of sp³-hybridized carbons (Fsp3) is 0.692. The lowest BCUT2D eigenvalue weighted by Crippen LogP contribution is -2.47. The minimum absolute atomic E-state index is 0.635. The molecule has 0 saturated carbocycles. The van der Waals surface area contributed by atoms with Gasteiger partial charge in [0.05, 0.1) is 12.2 Å². The summed E-state index contributed by atoms with van der Waals surface area (Å²) in [5.41, 5.74) is 1.04. The Hall–Kier alpha value is -0.880. The minimum atomic E-state index is 0.635. The largest absolute Gasteiger partial charge is 0.478 e. The summed E-state index contributed by atoms with van der Waals surface area (Å²) in [7, 11) is 0. The van der Waals surface area contributed by atoms with Gasteiger partial charge in [-0.25, -0.2) is 9.97 Å². The number of anilines is 1. The average molecular weight is 329 g/mol. The molecule has 1 aromatic rings. The van der Waals surface area contributed by atoms with Crippen molar-refractivity contribution in [2.45, 2.75) is 13.8 Å². The van der Waals surface area contributed by atoms with Gasteiger partial charge in [-0.15, -0.1) is 0 Å². The molecule has 2 heterocycles. The molecule has 0 aromatic carbocycles. The number of ether oxygens (including phenoxy) is 1. The molecule has 6 heteroatoms. The highest BCUT2D eigenvalue weighted by Gasteiger charge is 2.20. The highest BCUT2D eigenvalue weighted by Crippen LogP contribution is 2.24. The van der Waals surface area contributed by atoms with Crippen molar-refractivity contribution >= 4 is 21.7 Å². The second-order valence-electron chi connectivity index (χ2n) is 4.58. The molecule has 2 rings (SSSR count). The van der Waals surface area contributed by atoms with E-state index in [1.54, 1.807) is 6.33 Å². The number of hydrogen-bond acceptors (Lipinski definition) is 5. The van der Waals surface area contributed by atoms with Crippen LogP contribution in [-0.2, 0) is 0 Å². The zero-order chi connectivity index (χ0) is 13.7. The van der Waals surface area contributed by atoms with E-state index in [2.05, 4.69) is 35.7 Å². The van der Waals surface area contributed by atoms with Crippen LogP contribution in [0.4, 0.5) is 5.82 Å². The van der Waals surface area contributed by atoms with Gasteiger partial charge in [0.25, 0.3) is 0 Å². The summed E-state index contributed by atoms with van der Waals surface area (Å²) in [5.74, 6) is 1.72. The summed E-state index contributed by atoms with van der Waals surface area (Å²) >= 11 is 3.49. The predicted octanol–water partition coefficient (Wildman–Crippen LogP) is 1.70. The first-order valence-electron chi connectivity index (χ1n) is 6.74. The molecule has 1 aliphatic rings. The zero-order valence-corrected chi connectivity index (χ0v) is 13.2. The predicted molar refractivity (Wildman–Crippen MR) is 80.4 cm³/mol. The first kappa shape index (κ1) is 14.5. The number of hydrogen-bond donors (Lipinski definition) is 0. The van der Waals surface area contributed by atoms with Crippen molar-refractivity contribution in [3.63, 3.8) is 0 Å². The Morgan fingerprint density at radius 3 is 2.63 bits per heavy atom. The lowest BCUT2D eigenvalue weighted by molar-refractivity contribution is 0.272. The third kappa shape index (κ3) is 3.57. The van der Waals surface area contributed by atoms with Gasteiger partial charge in [-0.2, -0.15) is 0 Å². The number of piperazine rings is 1. The summed E-state index contributed by atoms with van der Waals surface area (Å²) in [6.07, 6.45) is 1.60. The van der Waals surface area contributed by atoms with Crippen molar-refractivity contribution in [2.75, 3.05) is 49.6 Å². The SMILES string of the molecule is CCOc1ncnc(N2CCN(CCBr)CC2)c1C. The molecule has 1 saturated heterocycles. The van der Waals surface area contributed by atoms with E-state index in [-0.39, 0.29) is 0 Å². The van der Waals surface area contributed by atoms with Gasteiger partial charge in [0.2, 0.25) is 5.88 Å². The van der Waals surface area contributed by atoms with Crippen LogP contribution >= 0.6 is 15.9 Å². The number of halogens is 1. The highest BCUT2D eigenvalue weighted by atomic mass is 79.9. The van der Waals surface area contributed by atoms with Crippen LogP contribution in [0.25, 0.3) is 0 Å². The van der Waals surface area contributed by atoms with Crippen LogP contribution in [0.2, 0.25) is 0 Å². The van der Waals surface area contributed by atoms with Crippen LogP contribution < -0.4 is 9.64 Å². The van der Waals surface area contributed by atoms with Gasteiger partial charge < -0.3 is 9.64 Å². The maximum Gasteiger partial charge on any atom is 0.221 e. The fourth-order valence-electron chi connectivity index (χ4n) is 2.33. The van der Waals surface area contributed by atoms with E-state index in [9.17, 15) is 0 Å². The molecule has 1 aliphatic heterocycles. The van der Waals surface area contributed by atoms with Crippen LogP contribution in [0, 0.1) is 6.92 Å². The van der Waals surface area contributed by atoms with Gasteiger partial charge in [0, 0.05) is 38.1 Å².